The van der Waals surface area contributed by atoms with Crippen molar-refractivity contribution >= 4 is 21.6 Å². The van der Waals surface area contributed by atoms with Crippen LogP contribution in [-0.2, 0) is 22.0 Å². The molecule has 1 aliphatic rings. The van der Waals surface area contributed by atoms with E-state index in [1.165, 1.54) is 46.8 Å². The summed E-state index contributed by atoms with van der Waals surface area (Å²) in [4.78, 5) is 12.3. The first-order valence-electron chi connectivity index (χ1n) is 9.21. The quantitative estimate of drug-likeness (QED) is 0.776. The molecule has 1 N–H and O–H groups in total. The van der Waals surface area contributed by atoms with Gasteiger partial charge in [-0.25, -0.2) is 12.7 Å². The number of benzene rings is 2. The number of rotatable bonds is 5. The van der Waals surface area contributed by atoms with E-state index in [4.69, 9.17) is 0 Å². The summed E-state index contributed by atoms with van der Waals surface area (Å²) in [6, 6.07) is 10.6. The van der Waals surface area contributed by atoms with Crippen LogP contribution in [0.4, 0.5) is 18.9 Å². The molecule has 29 heavy (non-hydrogen) atoms. The molecule has 1 saturated heterocycles. The van der Waals surface area contributed by atoms with E-state index >= 15 is 0 Å². The highest BCUT2D eigenvalue weighted by Gasteiger charge is 2.33. The number of carbonyl (C=O) groups is 1. The summed E-state index contributed by atoms with van der Waals surface area (Å²) in [5.41, 5.74) is -0.608. The van der Waals surface area contributed by atoms with Gasteiger partial charge in [0, 0.05) is 18.7 Å². The Morgan fingerprint density at radius 1 is 0.966 bits per heavy atom. The third-order valence-electron chi connectivity index (χ3n) is 4.75. The number of carbonyl (C=O) groups excluding carboxylic acids is 1. The minimum Gasteiger partial charge on any atom is -0.321 e. The van der Waals surface area contributed by atoms with E-state index in [2.05, 4.69) is 5.32 Å². The summed E-state index contributed by atoms with van der Waals surface area (Å²) in [6.45, 7) is 1.03. The van der Waals surface area contributed by atoms with Crippen molar-refractivity contribution in [1.82, 2.24) is 4.31 Å². The Kier molecular flexibility index (Phi) is 6.28. The van der Waals surface area contributed by atoms with Crippen LogP contribution in [0.2, 0.25) is 0 Å². The van der Waals surface area contributed by atoms with Gasteiger partial charge in [0.25, 0.3) is 5.91 Å². The van der Waals surface area contributed by atoms with Gasteiger partial charge in [0.05, 0.1) is 17.0 Å². The van der Waals surface area contributed by atoms with Crippen molar-refractivity contribution < 1.29 is 26.4 Å². The molecular weight excluding hydrogens is 405 g/mol. The van der Waals surface area contributed by atoms with E-state index in [0.717, 1.165) is 25.3 Å². The lowest BCUT2D eigenvalue weighted by atomic mass is 10.1. The molecule has 1 aliphatic heterocycles. The van der Waals surface area contributed by atoms with E-state index in [9.17, 15) is 26.4 Å². The molecule has 1 heterocycles. The summed E-state index contributed by atoms with van der Waals surface area (Å²) in [7, 11) is -3.43. The number of amides is 1. The molecule has 0 saturated carbocycles. The Balaban J connectivity index is 1.70. The number of hydrogen-bond acceptors (Lipinski definition) is 3. The Bertz CT molecular complexity index is 967. The minimum atomic E-state index is -4.59. The smallest absolute Gasteiger partial charge is 0.321 e. The fraction of sp³-hybridized carbons (Fsp3) is 0.350. The maximum Gasteiger partial charge on any atom is 0.418 e. The zero-order valence-electron chi connectivity index (χ0n) is 15.6. The van der Waals surface area contributed by atoms with Gasteiger partial charge in [-0.15, -0.1) is 0 Å². The van der Waals surface area contributed by atoms with Gasteiger partial charge in [0.2, 0.25) is 10.0 Å². The summed E-state index contributed by atoms with van der Waals surface area (Å²) in [5.74, 6) is -0.877. The number of nitrogens with one attached hydrogen (secondary N) is 1. The minimum absolute atomic E-state index is 0.140. The van der Waals surface area contributed by atoms with Crippen molar-refractivity contribution in [2.24, 2.45) is 0 Å². The second-order valence-electron chi connectivity index (χ2n) is 6.91. The Morgan fingerprint density at radius 2 is 1.59 bits per heavy atom. The number of nitrogens with zero attached hydrogens (tertiary/aromatic N) is 1. The van der Waals surface area contributed by atoms with E-state index in [1.54, 1.807) is 0 Å². The zero-order chi connectivity index (χ0) is 21.1. The first-order chi connectivity index (χ1) is 13.7. The molecular formula is C20H21F3N2O3S. The summed E-state index contributed by atoms with van der Waals surface area (Å²) in [6.07, 6.45) is -1.88. The van der Waals surface area contributed by atoms with Crippen LogP contribution in [0.25, 0.3) is 0 Å². The van der Waals surface area contributed by atoms with Crippen molar-refractivity contribution in [3.05, 3.63) is 65.2 Å². The average molecular weight is 426 g/mol. The van der Waals surface area contributed by atoms with Crippen LogP contribution in [-0.4, -0.2) is 31.7 Å². The third kappa shape index (κ3) is 5.36. The van der Waals surface area contributed by atoms with Crippen LogP contribution in [0.15, 0.2) is 48.5 Å². The number of anilines is 1. The van der Waals surface area contributed by atoms with Crippen molar-refractivity contribution in [3.8, 4) is 0 Å². The fourth-order valence-electron chi connectivity index (χ4n) is 3.23. The molecule has 0 atom stereocenters. The van der Waals surface area contributed by atoms with Gasteiger partial charge in [-0.1, -0.05) is 30.7 Å². The molecule has 1 amide bonds. The number of para-hydroxylation sites is 1. The number of alkyl halides is 3. The Labute approximate surface area is 167 Å². The van der Waals surface area contributed by atoms with E-state index in [1.807, 2.05) is 0 Å². The first kappa shape index (κ1) is 21.3. The molecule has 0 aliphatic carbocycles. The standard InChI is InChI=1S/C20H21F3N2O3S/c21-20(22,23)17-6-2-3-7-18(17)24-19(26)16-10-8-15(9-11-16)14-29(27,28)25-12-4-1-5-13-25/h2-3,6-11H,1,4-5,12-14H2,(H,24,26). The molecule has 156 valence electrons. The van der Waals surface area contributed by atoms with E-state index in [0.29, 0.717) is 18.7 Å². The second kappa shape index (κ2) is 8.54. The zero-order valence-corrected chi connectivity index (χ0v) is 16.4. The van der Waals surface area contributed by atoms with Gasteiger partial charge in [-0.3, -0.25) is 4.79 Å². The van der Waals surface area contributed by atoms with Gasteiger partial charge in [0.15, 0.2) is 0 Å². The maximum atomic E-state index is 13.1. The van der Waals surface area contributed by atoms with Gasteiger partial charge >= 0.3 is 6.18 Å². The van der Waals surface area contributed by atoms with Crippen LogP contribution in [0.3, 0.4) is 0 Å². The SMILES string of the molecule is O=C(Nc1ccccc1C(F)(F)F)c1ccc(CS(=O)(=O)N2CCCCC2)cc1. The maximum absolute atomic E-state index is 13.1. The molecule has 0 spiro atoms. The normalized spacial score (nSPS) is 15.8. The lowest BCUT2D eigenvalue weighted by Gasteiger charge is -2.25. The number of halogens is 3. The lowest BCUT2D eigenvalue weighted by molar-refractivity contribution is -0.136. The van der Waals surface area contributed by atoms with Crippen LogP contribution in [0.5, 0.6) is 0 Å². The van der Waals surface area contributed by atoms with E-state index < -0.39 is 27.7 Å². The molecule has 3 rings (SSSR count). The first-order valence-corrected chi connectivity index (χ1v) is 10.8. The molecule has 0 bridgehead atoms. The van der Waals surface area contributed by atoms with Crippen LogP contribution in [0, 0.1) is 0 Å². The largest absolute Gasteiger partial charge is 0.418 e. The fourth-order valence-corrected chi connectivity index (χ4v) is 4.84. The van der Waals surface area contributed by atoms with Crippen molar-refractivity contribution in [1.29, 1.82) is 0 Å². The van der Waals surface area contributed by atoms with Gasteiger partial charge in [-0.05, 0) is 42.7 Å². The number of sulfonamides is 1. The summed E-state index contributed by atoms with van der Waals surface area (Å²) >= 11 is 0. The molecule has 0 radical (unpaired) electrons. The molecule has 2 aromatic carbocycles. The van der Waals surface area contributed by atoms with Gasteiger partial charge in [-0.2, -0.15) is 13.2 Å². The molecule has 5 nitrogen and oxygen atoms in total. The van der Waals surface area contributed by atoms with Gasteiger partial charge < -0.3 is 5.32 Å². The predicted octanol–water partition coefficient (Wildman–Crippen LogP) is 4.27. The monoisotopic (exact) mass is 426 g/mol. The second-order valence-corrected chi connectivity index (χ2v) is 8.88. The van der Waals surface area contributed by atoms with Crippen molar-refractivity contribution in [3.63, 3.8) is 0 Å². The van der Waals surface area contributed by atoms with Crippen LogP contribution in [0.1, 0.15) is 40.7 Å². The highest BCUT2D eigenvalue weighted by atomic mass is 32.2. The summed E-state index contributed by atoms with van der Waals surface area (Å²) < 4.78 is 65.6. The molecule has 2 aromatic rings. The highest BCUT2D eigenvalue weighted by molar-refractivity contribution is 7.88. The average Bonchev–Trinajstić information content (AvgIpc) is 2.68. The van der Waals surface area contributed by atoms with E-state index in [-0.39, 0.29) is 17.0 Å². The van der Waals surface area contributed by atoms with Crippen LogP contribution < -0.4 is 5.32 Å². The Morgan fingerprint density at radius 3 is 2.21 bits per heavy atom. The predicted molar refractivity (Wildman–Crippen MR) is 104 cm³/mol. The molecule has 0 unspecified atom stereocenters. The third-order valence-corrected chi connectivity index (χ3v) is 6.60. The molecule has 0 aromatic heterocycles. The number of hydrogen-bond donors (Lipinski definition) is 1. The Hall–Kier alpha value is -2.39. The van der Waals surface area contributed by atoms with Crippen LogP contribution >= 0.6 is 0 Å². The number of piperidine rings is 1. The summed E-state index contributed by atoms with van der Waals surface area (Å²) in [5, 5.41) is 2.27. The molecule has 9 heteroatoms. The van der Waals surface area contributed by atoms with Crippen molar-refractivity contribution in [2.45, 2.75) is 31.2 Å². The van der Waals surface area contributed by atoms with Gasteiger partial charge in [0.1, 0.15) is 0 Å². The highest BCUT2D eigenvalue weighted by Crippen LogP contribution is 2.34. The topological polar surface area (TPSA) is 66.5 Å². The van der Waals surface area contributed by atoms with Crippen molar-refractivity contribution in [2.75, 3.05) is 18.4 Å². The molecule has 1 fully saturated rings. The lowest BCUT2D eigenvalue weighted by Crippen LogP contribution is -2.36.